The molecule has 0 bridgehead atoms. The molecule has 1 heterocycles. The number of nitrogens with zero attached hydrogens (tertiary/aromatic N) is 2. The van der Waals surface area contributed by atoms with Gasteiger partial charge >= 0.3 is 12.3 Å². The minimum absolute atomic E-state index is 0.0561. The fourth-order valence-electron chi connectivity index (χ4n) is 4.01. The number of piperidine rings is 1. The van der Waals surface area contributed by atoms with Gasteiger partial charge in [-0.05, 0) is 58.1 Å². The third kappa shape index (κ3) is 4.73. The van der Waals surface area contributed by atoms with Gasteiger partial charge in [-0.1, -0.05) is 18.2 Å². The van der Waals surface area contributed by atoms with Crippen molar-refractivity contribution in [2.45, 2.75) is 69.7 Å². The van der Waals surface area contributed by atoms with E-state index in [1.54, 1.807) is 22.9 Å². The quantitative estimate of drug-likeness (QED) is 0.710. The molecule has 0 unspecified atom stereocenters. The first-order valence-electron chi connectivity index (χ1n) is 10.3. The summed E-state index contributed by atoms with van der Waals surface area (Å²) in [5.41, 5.74) is -1.73. The fraction of sp³-hybridized carbons (Fsp3) is 0.636. The molecular formula is C22H29F3N2O3. The topological polar surface area (TPSA) is 49.9 Å². The van der Waals surface area contributed by atoms with E-state index in [2.05, 4.69) is 0 Å². The van der Waals surface area contributed by atoms with Gasteiger partial charge in [0, 0.05) is 26.2 Å². The first-order chi connectivity index (χ1) is 13.8. The predicted octanol–water partition coefficient (Wildman–Crippen LogP) is 4.59. The summed E-state index contributed by atoms with van der Waals surface area (Å²) in [6.45, 7) is 6.40. The minimum atomic E-state index is -4.43. The highest BCUT2D eigenvalue weighted by molar-refractivity contribution is 5.91. The minimum Gasteiger partial charge on any atom is -0.444 e. The second kappa shape index (κ2) is 7.78. The zero-order valence-corrected chi connectivity index (χ0v) is 17.9. The number of ether oxygens (including phenoxy) is 1. The number of alkyl halides is 3. The Morgan fingerprint density at radius 3 is 2.23 bits per heavy atom. The Kier molecular flexibility index (Phi) is 5.82. The molecule has 166 valence electrons. The average Bonchev–Trinajstić information content (AvgIpc) is 3.47. The first kappa shape index (κ1) is 22.4. The third-order valence-corrected chi connectivity index (χ3v) is 5.89. The van der Waals surface area contributed by atoms with Crippen molar-refractivity contribution in [2.75, 3.05) is 20.1 Å². The van der Waals surface area contributed by atoms with Crippen LogP contribution in [-0.2, 0) is 21.1 Å². The maximum absolute atomic E-state index is 13.2. The molecule has 1 saturated heterocycles. The van der Waals surface area contributed by atoms with Crippen LogP contribution in [0.3, 0.4) is 0 Å². The van der Waals surface area contributed by atoms with Crippen LogP contribution < -0.4 is 0 Å². The van der Waals surface area contributed by atoms with Gasteiger partial charge in [0.05, 0.1) is 11.0 Å². The van der Waals surface area contributed by atoms with Gasteiger partial charge in [0.15, 0.2) is 0 Å². The number of rotatable bonds is 3. The van der Waals surface area contributed by atoms with Gasteiger partial charge in [-0.3, -0.25) is 4.79 Å². The van der Waals surface area contributed by atoms with Crippen molar-refractivity contribution in [1.82, 2.24) is 9.80 Å². The number of likely N-dealkylation sites (N-methyl/N-ethyl adjacent to an activating group) is 1. The van der Waals surface area contributed by atoms with Crippen molar-refractivity contribution in [2.24, 2.45) is 0 Å². The monoisotopic (exact) mass is 426 g/mol. The van der Waals surface area contributed by atoms with Crippen molar-refractivity contribution in [1.29, 1.82) is 0 Å². The number of amides is 2. The first-order valence-corrected chi connectivity index (χ1v) is 10.3. The zero-order chi connectivity index (χ0) is 22.3. The van der Waals surface area contributed by atoms with Gasteiger partial charge < -0.3 is 14.5 Å². The molecule has 30 heavy (non-hydrogen) atoms. The van der Waals surface area contributed by atoms with Crippen LogP contribution in [0.25, 0.3) is 0 Å². The van der Waals surface area contributed by atoms with E-state index in [9.17, 15) is 22.8 Å². The number of hydrogen-bond donors (Lipinski definition) is 0. The number of benzene rings is 1. The lowest BCUT2D eigenvalue weighted by Gasteiger charge is -2.38. The van der Waals surface area contributed by atoms with Crippen molar-refractivity contribution in [3.05, 3.63) is 35.4 Å². The molecular weight excluding hydrogens is 397 g/mol. The Morgan fingerprint density at radius 1 is 1.13 bits per heavy atom. The molecule has 1 aliphatic carbocycles. The summed E-state index contributed by atoms with van der Waals surface area (Å²) < 4.78 is 44.7. The van der Waals surface area contributed by atoms with Crippen LogP contribution in [0, 0.1) is 0 Å². The number of carbonyl (C=O) groups excluding carboxylic acids is 2. The molecule has 3 rings (SSSR count). The normalized spacial score (nSPS) is 19.4. The standard InChI is InChI=1S/C22H29F3N2O3/c1-20(2,3)30-19(29)27-12-8-17(9-13-27)26(4)18(28)21(10-11-21)15-6-5-7-16(14-15)22(23,24)25/h5-7,14,17H,8-13H2,1-4H3. The third-order valence-electron chi connectivity index (χ3n) is 5.89. The molecule has 0 atom stereocenters. The highest BCUT2D eigenvalue weighted by atomic mass is 19.4. The van der Waals surface area contributed by atoms with E-state index in [1.165, 1.54) is 6.07 Å². The van der Waals surface area contributed by atoms with Crippen molar-refractivity contribution >= 4 is 12.0 Å². The molecule has 1 aromatic rings. The van der Waals surface area contributed by atoms with Gasteiger partial charge in [-0.15, -0.1) is 0 Å². The number of hydrogen-bond acceptors (Lipinski definition) is 3. The maximum atomic E-state index is 13.2. The Balaban J connectivity index is 1.65. The van der Waals surface area contributed by atoms with Gasteiger partial charge in [0.2, 0.25) is 5.91 Å². The summed E-state index contributed by atoms with van der Waals surface area (Å²) in [5.74, 6) is -0.141. The lowest BCUT2D eigenvalue weighted by Crippen LogP contribution is -2.50. The van der Waals surface area contributed by atoms with Crippen molar-refractivity contribution in [3.63, 3.8) is 0 Å². The number of carbonyl (C=O) groups is 2. The lowest BCUT2D eigenvalue weighted by molar-refractivity contribution is -0.138. The van der Waals surface area contributed by atoms with E-state index in [0.29, 0.717) is 44.3 Å². The molecule has 2 amide bonds. The summed E-state index contributed by atoms with van der Waals surface area (Å²) in [4.78, 5) is 28.8. The van der Waals surface area contributed by atoms with Crippen LogP contribution in [0.1, 0.15) is 57.6 Å². The number of likely N-dealkylation sites (tertiary alicyclic amines) is 1. The second-order valence-corrected chi connectivity index (χ2v) is 9.28. The van der Waals surface area contributed by atoms with Gasteiger partial charge in [-0.2, -0.15) is 13.2 Å². The molecule has 1 saturated carbocycles. The highest BCUT2D eigenvalue weighted by Gasteiger charge is 2.53. The van der Waals surface area contributed by atoms with Crippen molar-refractivity contribution in [3.8, 4) is 0 Å². The SMILES string of the molecule is CN(C(=O)C1(c2cccc(C(F)(F)F)c2)CC1)C1CCN(C(=O)OC(C)(C)C)CC1. The molecule has 1 aliphatic heterocycles. The van der Waals surface area contributed by atoms with Crippen LogP contribution in [0.2, 0.25) is 0 Å². The summed E-state index contributed by atoms with van der Waals surface area (Å²) in [6, 6.07) is 5.05. The molecule has 2 fully saturated rings. The van der Waals surface area contributed by atoms with Crippen LogP contribution in [0.4, 0.5) is 18.0 Å². The van der Waals surface area contributed by atoms with Crippen LogP contribution in [-0.4, -0.2) is 53.6 Å². The highest BCUT2D eigenvalue weighted by Crippen LogP contribution is 2.50. The predicted molar refractivity (Wildman–Crippen MR) is 106 cm³/mol. The van der Waals surface area contributed by atoms with Crippen LogP contribution >= 0.6 is 0 Å². The van der Waals surface area contributed by atoms with E-state index in [-0.39, 0.29) is 18.0 Å². The smallest absolute Gasteiger partial charge is 0.416 e. The summed E-state index contributed by atoms with van der Waals surface area (Å²) in [7, 11) is 1.71. The summed E-state index contributed by atoms with van der Waals surface area (Å²) >= 11 is 0. The molecule has 0 N–H and O–H groups in total. The lowest BCUT2D eigenvalue weighted by atomic mass is 9.91. The molecule has 1 aromatic carbocycles. The molecule has 8 heteroatoms. The van der Waals surface area contributed by atoms with Crippen LogP contribution in [0.5, 0.6) is 0 Å². The van der Waals surface area contributed by atoms with E-state index in [1.807, 2.05) is 20.8 Å². The molecule has 0 spiro atoms. The van der Waals surface area contributed by atoms with E-state index in [4.69, 9.17) is 4.74 Å². The largest absolute Gasteiger partial charge is 0.444 e. The number of halogens is 3. The van der Waals surface area contributed by atoms with Gasteiger partial charge in [0.1, 0.15) is 5.60 Å². The van der Waals surface area contributed by atoms with E-state index in [0.717, 1.165) is 12.1 Å². The van der Waals surface area contributed by atoms with Crippen molar-refractivity contribution < 1.29 is 27.5 Å². The average molecular weight is 426 g/mol. The summed E-state index contributed by atoms with van der Waals surface area (Å²) in [5, 5.41) is 0. The van der Waals surface area contributed by atoms with E-state index < -0.39 is 22.8 Å². The molecule has 0 aromatic heterocycles. The Labute approximate surface area is 175 Å². The Hall–Kier alpha value is -2.25. The maximum Gasteiger partial charge on any atom is 0.416 e. The molecule has 5 nitrogen and oxygen atoms in total. The van der Waals surface area contributed by atoms with Gasteiger partial charge in [0.25, 0.3) is 0 Å². The molecule has 2 aliphatic rings. The van der Waals surface area contributed by atoms with E-state index >= 15 is 0 Å². The summed E-state index contributed by atoms with van der Waals surface area (Å²) in [6.07, 6.45) is -2.48. The zero-order valence-electron chi connectivity index (χ0n) is 17.9. The van der Waals surface area contributed by atoms with Crippen LogP contribution in [0.15, 0.2) is 24.3 Å². The molecule has 0 radical (unpaired) electrons. The second-order valence-electron chi connectivity index (χ2n) is 9.28. The Morgan fingerprint density at radius 2 is 1.73 bits per heavy atom. The van der Waals surface area contributed by atoms with Gasteiger partial charge in [-0.25, -0.2) is 4.79 Å². The Bertz CT molecular complexity index is 805. The fourth-order valence-corrected chi connectivity index (χ4v) is 4.01.